The first kappa shape index (κ1) is 13.1. The maximum atomic E-state index is 11.9. The fourth-order valence-electron chi connectivity index (χ4n) is 0.485. The third-order valence-corrected chi connectivity index (χ3v) is 1.12. The van der Waals surface area contributed by atoms with E-state index in [2.05, 4.69) is 9.47 Å². The fourth-order valence-corrected chi connectivity index (χ4v) is 0.485. The number of hydrogen-bond acceptors (Lipinski definition) is 3. The van der Waals surface area contributed by atoms with Crippen LogP contribution in [0.2, 0.25) is 0 Å². The van der Waals surface area contributed by atoms with E-state index < -0.39 is 24.0 Å². The minimum absolute atomic E-state index is 0.740. The van der Waals surface area contributed by atoms with Gasteiger partial charge in [0.15, 0.2) is 6.10 Å². The van der Waals surface area contributed by atoms with Crippen molar-refractivity contribution in [3.63, 3.8) is 0 Å². The second-order valence-electron chi connectivity index (χ2n) is 3.77. The van der Waals surface area contributed by atoms with Gasteiger partial charge in [0.05, 0.1) is 0 Å². The molecular formula is C8H13F3O3. The molecule has 0 fully saturated rings. The SMILES string of the molecule is CC(OC(=O)OC(C)(C)C)C(F)(F)F. The molecule has 6 heteroatoms. The number of carbonyl (C=O) groups excluding carboxylic acids is 1. The van der Waals surface area contributed by atoms with Gasteiger partial charge in [0, 0.05) is 0 Å². The van der Waals surface area contributed by atoms with Crippen molar-refractivity contribution < 1.29 is 27.4 Å². The normalized spacial score (nSPS) is 14.8. The zero-order chi connectivity index (χ0) is 11.6. The van der Waals surface area contributed by atoms with Gasteiger partial charge in [-0.05, 0) is 27.7 Å². The molecule has 14 heavy (non-hydrogen) atoms. The van der Waals surface area contributed by atoms with Crippen LogP contribution in [0.3, 0.4) is 0 Å². The third-order valence-electron chi connectivity index (χ3n) is 1.12. The van der Waals surface area contributed by atoms with Crippen LogP contribution in [0, 0.1) is 0 Å². The molecule has 3 nitrogen and oxygen atoms in total. The van der Waals surface area contributed by atoms with Gasteiger partial charge in [0.1, 0.15) is 5.60 Å². The molecule has 0 aromatic heterocycles. The largest absolute Gasteiger partial charge is 0.509 e. The van der Waals surface area contributed by atoms with Crippen molar-refractivity contribution in [1.29, 1.82) is 0 Å². The Kier molecular flexibility index (Phi) is 3.79. The Morgan fingerprint density at radius 3 is 1.93 bits per heavy atom. The molecule has 0 amide bonds. The molecule has 0 aliphatic heterocycles. The van der Waals surface area contributed by atoms with Gasteiger partial charge >= 0.3 is 12.3 Å². The first-order chi connectivity index (χ1) is 6.02. The van der Waals surface area contributed by atoms with Gasteiger partial charge in [-0.2, -0.15) is 13.2 Å². The summed E-state index contributed by atoms with van der Waals surface area (Å²) in [6, 6.07) is 0. The van der Waals surface area contributed by atoms with Crippen molar-refractivity contribution >= 4 is 6.16 Å². The average Bonchev–Trinajstić information content (AvgIpc) is 1.79. The molecule has 84 valence electrons. The summed E-state index contributed by atoms with van der Waals surface area (Å²) in [6.07, 6.45) is -8.03. The van der Waals surface area contributed by atoms with Crippen molar-refractivity contribution in [2.75, 3.05) is 0 Å². The van der Waals surface area contributed by atoms with Gasteiger partial charge < -0.3 is 9.47 Å². The Hall–Kier alpha value is -0.940. The van der Waals surface area contributed by atoms with Crippen LogP contribution in [-0.4, -0.2) is 24.0 Å². The molecule has 0 aliphatic carbocycles. The molecule has 0 heterocycles. The van der Waals surface area contributed by atoms with Gasteiger partial charge in [-0.3, -0.25) is 0 Å². The summed E-state index contributed by atoms with van der Waals surface area (Å²) in [4.78, 5) is 10.8. The maximum Gasteiger partial charge on any atom is 0.509 e. The smallest absolute Gasteiger partial charge is 0.429 e. The minimum atomic E-state index is -4.56. The Morgan fingerprint density at radius 1 is 1.21 bits per heavy atom. The van der Waals surface area contributed by atoms with Crippen molar-refractivity contribution in [2.45, 2.75) is 45.6 Å². The zero-order valence-electron chi connectivity index (χ0n) is 8.44. The van der Waals surface area contributed by atoms with Crippen LogP contribution in [0.4, 0.5) is 18.0 Å². The van der Waals surface area contributed by atoms with E-state index in [0.29, 0.717) is 0 Å². The standard InChI is InChI=1S/C8H13F3O3/c1-5(8(9,10)11)13-6(12)14-7(2,3)4/h5H,1-4H3. The Balaban J connectivity index is 4.09. The zero-order valence-corrected chi connectivity index (χ0v) is 8.44. The third kappa shape index (κ3) is 5.66. The van der Waals surface area contributed by atoms with Crippen molar-refractivity contribution in [3.05, 3.63) is 0 Å². The van der Waals surface area contributed by atoms with Crippen molar-refractivity contribution in [2.24, 2.45) is 0 Å². The Morgan fingerprint density at radius 2 is 1.64 bits per heavy atom. The van der Waals surface area contributed by atoms with E-state index >= 15 is 0 Å². The van der Waals surface area contributed by atoms with E-state index in [1.165, 1.54) is 20.8 Å². The highest BCUT2D eigenvalue weighted by atomic mass is 19.4. The van der Waals surface area contributed by atoms with Crippen LogP contribution in [-0.2, 0) is 9.47 Å². The lowest BCUT2D eigenvalue weighted by Crippen LogP contribution is -2.33. The summed E-state index contributed by atoms with van der Waals surface area (Å²) < 4.78 is 44.3. The summed E-state index contributed by atoms with van der Waals surface area (Å²) in [5.41, 5.74) is -0.859. The van der Waals surface area contributed by atoms with E-state index in [1.54, 1.807) is 0 Å². The molecule has 0 radical (unpaired) electrons. The topological polar surface area (TPSA) is 35.5 Å². The molecule has 0 rings (SSSR count). The van der Waals surface area contributed by atoms with Crippen LogP contribution in [0.5, 0.6) is 0 Å². The maximum absolute atomic E-state index is 11.9. The van der Waals surface area contributed by atoms with Crippen LogP contribution in [0.1, 0.15) is 27.7 Å². The van der Waals surface area contributed by atoms with Gasteiger partial charge in [0.25, 0.3) is 0 Å². The van der Waals surface area contributed by atoms with Gasteiger partial charge in [-0.25, -0.2) is 4.79 Å². The molecule has 0 spiro atoms. The fraction of sp³-hybridized carbons (Fsp3) is 0.875. The lowest BCUT2D eigenvalue weighted by molar-refractivity contribution is -0.205. The molecule has 0 saturated heterocycles. The Bertz CT molecular complexity index is 205. The highest BCUT2D eigenvalue weighted by molar-refractivity contribution is 5.60. The molecule has 0 saturated carbocycles. The molecule has 0 N–H and O–H groups in total. The number of carbonyl (C=O) groups is 1. The van der Waals surface area contributed by atoms with Crippen LogP contribution in [0.15, 0.2) is 0 Å². The van der Waals surface area contributed by atoms with E-state index in [4.69, 9.17) is 0 Å². The number of alkyl halides is 3. The summed E-state index contributed by atoms with van der Waals surface area (Å²) in [5.74, 6) is 0. The van der Waals surface area contributed by atoms with E-state index in [1.807, 2.05) is 0 Å². The van der Waals surface area contributed by atoms with Crippen LogP contribution < -0.4 is 0 Å². The molecule has 0 aromatic carbocycles. The van der Waals surface area contributed by atoms with E-state index in [-0.39, 0.29) is 0 Å². The van der Waals surface area contributed by atoms with Crippen LogP contribution >= 0.6 is 0 Å². The predicted octanol–water partition coefficient (Wildman–Crippen LogP) is 2.89. The molecule has 1 unspecified atom stereocenters. The van der Waals surface area contributed by atoms with Gasteiger partial charge in [-0.1, -0.05) is 0 Å². The highest BCUT2D eigenvalue weighted by Crippen LogP contribution is 2.23. The van der Waals surface area contributed by atoms with Gasteiger partial charge in [0.2, 0.25) is 0 Å². The average molecular weight is 214 g/mol. The molecule has 0 bridgehead atoms. The summed E-state index contributed by atoms with van der Waals surface area (Å²) in [7, 11) is 0. The summed E-state index contributed by atoms with van der Waals surface area (Å²) >= 11 is 0. The minimum Gasteiger partial charge on any atom is -0.429 e. The second kappa shape index (κ2) is 4.06. The number of hydrogen-bond donors (Lipinski definition) is 0. The predicted molar refractivity (Wildman–Crippen MR) is 42.8 cm³/mol. The lowest BCUT2D eigenvalue weighted by atomic mass is 10.2. The van der Waals surface area contributed by atoms with Gasteiger partial charge in [-0.15, -0.1) is 0 Å². The Labute approximate surface area is 80.2 Å². The highest BCUT2D eigenvalue weighted by Gasteiger charge is 2.40. The quantitative estimate of drug-likeness (QED) is 0.629. The lowest BCUT2D eigenvalue weighted by Gasteiger charge is -2.21. The number of rotatable bonds is 1. The van der Waals surface area contributed by atoms with Crippen molar-refractivity contribution in [3.8, 4) is 0 Å². The first-order valence-electron chi connectivity index (χ1n) is 3.99. The summed E-state index contributed by atoms with van der Waals surface area (Å²) in [6.45, 7) is 5.34. The van der Waals surface area contributed by atoms with Crippen molar-refractivity contribution in [1.82, 2.24) is 0 Å². The second-order valence-corrected chi connectivity index (χ2v) is 3.77. The molecule has 1 atom stereocenters. The van der Waals surface area contributed by atoms with E-state index in [9.17, 15) is 18.0 Å². The molecular weight excluding hydrogens is 201 g/mol. The molecule has 0 aliphatic rings. The number of ether oxygens (including phenoxy) is 2. The first-order valence-corrected chi connectivity index (χ1v) is 3.99. The molecule has 0 aromatic rings. The number of halogens is 3. The monoisotopic (exact) mass is 214 g/mol. The van der Waals surface area contributed by atoms with Crippen LogP contribution in [0.25, 0.3) is 0 Å². The van der Waals surface area contributed by atoms with E-state index in [0.717, 1.165) is 6.92 Å². The summed E-state index contributed by atoms with van der Waals surface area (Å²) in [5, 5.41) is 0.